The molecule has 6 nitrogen and oxygen atoms in total. The lowest BCUT2D eigenvalue weighted by molar-refractivity contribution is -0.123. The lowest BCUT2D eigenvalue weighted by Crippen LogP contribution is -2.49. The summed E-state index contributed by atoms with van der Waals surface area (Å²) in [5.41, 5.74) is 5.36. The van der Waals surface area contributed by atoms with E-state index in [4.69, 9.17) is 12.2 Å². The molecule has 1 heterocycles. The number of amidine groups is 1. The van der Waals surface area contributed by atoms with Gasteiger partial charge in [-0.3, -0.25) is 9.69 Å². The third-order valence-corrected chi connectivity index (χ3v) is 2.67. The molecule has 3 N–H and O–H groups in total. The first-order valence-electron chi connectivity index (χ1n) is 6.09. The molecule has 0 aromatic rings. The highest BCUT2D eigenvalue weighted by molar-refractivity contribution is 6.04. The third-order valence-electron chi connectivity index (χ3n) is 2.67. The van der Waals surface area contributed by atoms with E-state index in [0.717, 1.165) is 0 Å². The molecule has 0 saturated heterocycles. The zero-order chi connectivity index (χ0) is 14.8. The molecule has 1 aliphatic rings. The minimum absolute atomic E-state index is 0.0599. The Hall–Kier alpha value is -2.03. The summed E-state index contributed by atoms with van der Waals surface area (Å²) >= 11 is 0. The minimum Gasteiger partial charge on any atom is -0.385 e. The van der Waals surface area contributed by atoms with Crippen LogP contribution in [0.4, 0.5) is 4.79 Å². The van der Waals surface area contributed by atoms with Gasteiger partial charge >= 0.3 is 6.03 Å². The average molecular weight is 264 g/mol. The van der Waals surface area contributed by atoms with E-state index in [0.29, 0.717) is 0 Å². The van der Waals surface area contributed by atoms with E-state index in [2.05, 4.69) is 16.2 Å². The number of carbonyl (C=O) groups excluding carboxylic acids is 2. The topological polar surface area (TPSA) is 87.8 Å². The van der Waals surface area contributed by atoms with Crippen molar-refractivity contribution in [3.05, 3.63) is 0 Å². The number of amides is 3. The van der Waals surface area contributed by atoms with E-state index < -0.39 is 18.1 Å². The first-order valence-corrected chi connectivity index (χ1v) is 6.09. The van der Waals surface area contributed by atoms with Crippen molar-refractivity contribution in [3.8, 4) is 12.3 Å². The summed E-state index contributed by atoms with van der Waals surface area (Å²) < 4.78 is 0. The number of nitrogens with two attached hydrogens (primary N) is 1. The molecule has 0 aromatic carbocycles. The zero-order valence-electron chi connectivity index (χ0n) is 11.7. The predicted octanol–water partition coefficient (Wildman–Crippen LogP) is 0.474. The highest BCUT2D eigenvalue weighted by atomic mass is 16.2. The second-order valence-electron chi connectivity index (χ2n) is 5.59. The molecule has 0 saturated carbocycles. The van der Waals surface area contributed by atoms with Crippen molar-refractivity contribution in [2.45, 2.75) is 51.7 Å². The van der Waals surface area contributed by atoms with Crippen molar-refractivity contribution in [3.63, 3.8) is 0 Å². The Morgan fingerprint density at radius 3 is 2.68 bits per heavy atom. The maximum absolute atomic E-state index is 11.9. The van der Waals surface area contributed by atoms with Crippen molar-refractivity contribution < 1.29 is 9.59 Å². The van der Waals surface area contributed by atoms with E-state index in [1.807, 2.05) is 20.8 Å². The molecule has 0 radical (unpaired) electrons. The molecular formula is C13H20N4O2. The van der Waals surface area contributed by atoms with Crippen LogP contribution in [-0.2, 0) is 4.79 Å². The number of aliphatic imine (C=N–C) groups is 1. The van der Waals surface area contributed by atoms with E-state index in [9.17, 15) is 9.59 Å². The van der Waals surface area contributed by atoms with Crippen LogP contribution in [0.15, 0.2) is 4.99 Å². The Morgan fingerprint density at radius 2 is 2.21 bits per heavy atom. The lowest BCUT2D eigenvalue weighted by Gasteiger charge is -2.28. The molecule has 1 rings (SSSR count). The van der Waals surface area contributed by atoms with Gasteiger partial charge in [-0.25, -0.2) is 4.79 Å². The van der Waals surface area contributed by atoms with Gasteiger partial charge in [0.2, 0.25) is 5.91 Å². The van der Waals surface area contributed by atoms with Crippen LogP contribution in [0.1, 0.15) is 34.1 Å². The molecule has 0 fully saturated rings. The Labute approximate surface area is 113 Å². The van der Waals surface area contributed by atoms with Crippen LogP contribution in [0.2, 0.25) is 0 Å². The molecule has 6 heteroatoms. The van der Waals surface area contributed by atoms with Crippen molar-refractivity contribution in [1.82, 2.24) is 10.2 Å². The molecule has 0 bridgehead atoms. The number of nitrogens with one attached hydrogen (secondary N) is 1. The van der Waals surface area contributed by atoms with Crippen LogP contribution in [-0.4, -0.2) is 40.3 Å². The van der Waals surface area contributed by atoms with Gasteiger partial charge in [0.25, 0.3) is 0 Å². The molecule has 104 valence electrons. The van der Waals surface area contributed by atoms with Gasteiger partial charge in [-0.2, -0.15) is 4.99 Å². The molecule has 1 aliphatic heterocycles. The fourth-order valence-corrected chi connectivity index (χ4v) is 1.88. The highest BCUT2D eigenvalue weighted by Gasteiger charge is 2.37. The number of carbonyl (C=O) groups is 2. The van der Waals surface area contributed by atoms with E-state index >= 15 is 0 Å². The predicted molar refractivity (Wildman–Crippen MR) is 73.5 cm³/mol. The van der Waals surface area contributed by atoms with Crippen molar-refractivity contribution in [1.29, 1.82) is 0 Å². The van der Waals surface area contributed by atoms with Gasteiger partial charge in [-0.15, -0.1) is 6.42 Å². The maximum Gasteiger partial charge on any atom is 0.346 e. The second kappa shape index (κ2) is 5.31. The third kappa shape index (κ3) is 3.71. The number of nitrogens with zero attached hydrogens (tertiary/aromatic N) is 2. The SMILES string of the molecule is C#CC(C)N1C(=O)N=C(N)C1CC(=O)NC(C)(C)C. The van der Waals surface area contributed by atoms with Crippen LogP contribution in [0.5, 0.6) is 0 Å². The van der Waals surface area contributed by atoms with Crippen LogP contribution < -0.4 is 11.1 Å². The largest absolute Gasteiger partial charge is 0.385 e. The monoisotopic (exact) mass is 264 g/mol. The highest BCUT2D eigenvalue weighted by Crippen LogP contribution is 2.18. The van der Waals surface area contributed by atoms with Crippen molar-refractivity contribution >= 4 is 17.8 Å². The van der Waals surface area contributed by atoms with Gasteiger partial charge in [-0.1, -0.05) is 5.92 Å². The lowest BCUT2D eigenvalue weighted by atomic mass is 10.1. The molecule has 2 unspecified atom stereocenters. The molecule has 2 atom stereocenters. The Balaban J connectivity index is 2.80. The summed E-state index contributed by atoms with van der Waals surface area (Å²) in [5.74, 6) is 2.39. The summed E-state index contributed by atoms with van der Waals surface area (Å²) in [6, 6.07) is -1.51. The van der Waals surface area contributed by atoms with Gasteiger partial charge in [0.1, 0.15) is 11.9 Å². The number of terminal acetylenes is 1. The summed E-state index contributed by atoms with van der Waals surface area (Å²) in [4.78, 5) is 28.6. The van der Waals surface area contributed by atoms with Gasteiger partial charge in [0, 0.05) is 5.54 Å². The molecule has 0 aromatic heterocycles. The Kier molecular flexibility index (Phi) is 4.20. The summed E-state index contributed by atoms with van der Waals surface area (Å²) in [7, 11) is 0. The zero-order valence-corrected chi connectivity index (χ0v) is 11.7. The van der Waals surface area contributed by atoms with Gasteiger partial charge in [-0.05, 0) is 27.7 Å². The van der Waals surface area contributed by atoms with Crippen LogP contribution in [0.25, 0.3) is 0 Å². The summed E-state index contributed by atoms with van der Waals surface area (Å²) in [6.07, 6.45) is 5.38. The molecule has 3 amide bonds. The average Bonchev–Trinajstić information content (AvgIpc) is 2.50. The Bertz CT molecular complexity index is 456. The minimum atomic E-state index is -0.569. The molecule has 0 spiro atoms. The summed E-state index contributed by atoms with van der Waals surface area (Å²) in [6.45, 7) is 7.33. The molecular weight excluding hydrogens is 244 g/mol. The van der Waals surface area contributed by atoms with Crippen molar-refractivity contribution in [2.24, 2.45) is 10.7 Å². The van der Waals surface area contributed by atoms with E-state index in [1.165, 1.54) is 4.90 Å². The van der Waals surface area contributed by atoms with E-state index in [1.54, 1.807) is 6.92 Å². The smallest absolute Gasteiger partial charge is 0.346 e. The molecule has 19 heavy (non-hydrogen) atoms. The van der Waals surface area contributed by atoms with Crippen LogP contribution in [0.3, 0.4) is 0 Å². The van der Waals surface area contributed by atoms with Gasteiger partial charge < -0.3 is 11.1 Å². The normalized spacial score (nSPS) is 20.8. The first kappa shape index (κ1) is 15.0. The number of rotatable bonds is 3. The fourth-order valence-electron chi connectivity index (χ4n) is 1.88. The number of urea groups is 1. The quantitative estimate of drug-likeness (QED) is 0.726. The molecule has 0 aliphatic carbocycles. The summed E-state index contributed by atoms with van der Waals surface area (Å²) in [5, 5.41) is 2.82. The maximum atomic E-state index is 11.9. The Morgan fingerprint density at radius 1 is 1.63 bits per heavy atom. The van der Waals surface area contributed by atoms with Gasteiger partial charge in [0.15, 0.2) is 0 Å². The first-order chi connectivity index (χ1) is 8.65. The van der Waals surface area contributed by atoms with Crippen LogP contribution >= 0.6 is 0 Å². The van der Waals surface area contributed by atoms with Gasteiger partial charge in [0.05, 0.1) is 12.5 Å². The number of hydrogen-bond acceptors (Lipinski definition) is 3. The standard InChI is InChI=1S/C13H20N4O2/c1-6-8(2)17-9(11(14)15-12(17)19)7-10(18)16-13(3,4)5/h1,8-9H,7H2,2-5H3,(H,16,18)(H2,14,15,19). The van der Waals surface area contributed by atoms with Crippen molar-refractivity contribution in [2.75, 3.05) is 0 Å². The van der Waals surface area contributed by atoms with E-state index in [-0.39, 0.29) is 23.7 Å². The second-order valence-corrected chi connectivity index (χ2v) is 5.59. The fraction of sp³-hybridized carbons (Fsp3) is 0.615. The number of hydrogen-bond donors (Lipinski definition) is 2. The van der Waals surface area contributed by atoms with Crippen LogP contribution in [0, 0.1) is 12.3 Å².